The van der Waals surface area contributed by atoms with Gasteiger partial charge in [-0.2, -0.15) is 0 Å². The molecule has 0 spiro atoms. The third kappa shape index (κ3) is 3.78. The number of ether oxygens (including phenoxy) is 1. The van der Waals surface area contributed by atoms with E-state index in [4.69, 9.17) is 4.74 Å². The van der Waals surface area contributed by atoms with E-state index in [2.05, 4.69) is 0 Å². The molecule has 1 aliphatic heterocycles. The molecule has 2 unspecified atom stereocenters. The number of esters is 1. The van der Waals surface area contributed by atoms with Crippen LogP contribution in [0.25, 0.3) is 0 Å². The van der Waals surface area contributed by atoms with Gasteiger partial charge in [-0.25, -0.2) is 0 Å². The van der Waals surface area contributed by atoms with Gasteiger partial charge in [0.1, 0.15) is 12.1 Å². The van der Waals surface area contributed by atoms with E-state index in [9.17, 15) is 9.90 Å². The van der Waals surface area contributed by atoms with Crippen LogP contribution in [0.2, 0.25) is 0 Å². The van der Waals surface area contributed by atoms with Gasteiger partial charge in [-0.15, -0.1) is 0 Å². The molecule has 0 aliphatic carbocycles. The lowest BCUT2D eigenvalue weighted by atomic mass is 10.1. The van der Waals surface area contributed by atoms with E-state index in [1.54, 1.807) is 0 Å². The first-order valence-electron chi connectivity index (χ1n) is 6.76. The minimum atomic E-state index is -0.455. The molecule has 1 saturated heterocycles. The molecule has 4 heteroatoms. The van der Waals surface area contributed by atoms with Gasteiger partial charge >= 0.3 is 5.97 Å². The van der Waals surface area contributed by atoms with Gasteiger partial charge in [-0.05, 0) is 32.0 Å². The zero-order valence-electron chi connectivity index (χ0n) is 11.3. The maximum atomic E-state index is 12.0. The summed E-state index contributed by atoms with van der Waals surface area (Å²) in [5, 5.41) is 9.35. The number of benzene rings is 1. The largest absolute Gasteiger partial charge is 0.458 e. The summed E-state index contributed by atoms with van der Waals surface area (Å²) in [6, 6.07) is 9.62. The molecule has 1 N–H and O–H groups in total. The van der Waals surface area contributed by atoms with Crippen molar-refractivity contribution < 1.29 is 14.6 Å². The molecule has 2 rings (SSSR count). The Morgan fingerprint density at radius 1 is 1.47 bits per heavy atom. The summed E-state index contributed by atoms with van der Waals surface area (Å²) in [5.41, 5.74) is 1.06. The van der Waals surface area contributed by atoms with Gasteiger partial charge < -0.3 is 9.84 Å². The van der Waals surface area contributed by atoms with Crippen molar-refractivity contribution in [1.82, 2.24) is 4.90 Å². The standard InChI is InChI=1S/C15H21NO3/c1-16-9-5-8-14(16)15(18)19-13(11-17)10-12-6-3-2-4-7-12/h2-4,6-7,13-14,17H,5,8-11H2,1H3. The first kappa shape index (κ1) is 14.0. The zero-order valence-corrected chi connectivity index (χ0v) is 11.3. The molecule has 1 heterocycles. The van der Waals surface area contributed by atoms with Gasteiger partial charge in [0.2, 0.25) is 0 Å². The normalized spacial score (nSPS) is 21.3. The predicted molar refractivity (Wildman–Crippen MR) is 72.8 cm³/mol. The van der Waals surface area contributed by atoms with E-state index in [0.29, 0.717) is 6.42 Å². The van der Waals surface area contributed by atoms with E-state index >= 15 is 0 Å². The van der Waals surface area contributed by atoms with Crippen LogP contribution >= 0.6 is 0 Å². The topological polar surface area (TPSA) is 49.8 Å². The Morgan fingerprint density at radius 2 is 2.21 bits per heavy atom. The highest BCUT2D eigenvalue weighted by atomic mass is 16.6. The molecule has 0 radical (unpaired) electrons. The van der Waals surface area contributed by atoms with Crippen molar-refractivity contribution in [2.45, 2.75) is 31.4 Å². The number of carbonyl (C=O) groups is 1. The van der Waals surface area contributed by atoms with Crippen LogP contribution in [0.3, 0.4) is 0 Å². The second-order valence-electron chi connectivity index (χ2n) is 5.07. The minimum Gasteiger partial charge on any atom is -0.458 e. The summed E-state index contributed by atoms with van der Waals surface area (Å²) in [7, 11) is 1.93. The lowest BCUT2D eigenvalue weighted by Crippen LogP contribution is -2.37. The van der Waals surface area contributed by atoms with E-state index in [1.165, 1.54) is 0 Å². The molecule has 1 fully saturated rings. The van der Waals surface area contributed by atoms with Crippen molar-refractivity contribution in [1.29, 1.82) is 0 Å². The Balaban J connectivity index is 1.90. The van der Waals surface area contributed by atoms with Gasteiger partial charge in [0.15, 0.2) is 0 Å². The monoisotopic (exact) mass is 263 g/mol. The molecule has 1 aromatic carbocycles. The maximum absolute atomic E-state index is 12.0. The van der Waals surface area contributed by atoms with Crippen LogP contribution in [0.5, 0.6) is 0 Å². The van der Waals surface area contributed by atoms with Crippen LogP contribution in [-0.2, 0) is 16.0 Å². The van der Waals surface area contributed by atoms with Crippen LogP contribution in [0.4, 0.5) is 0 Å². The summed E-state index contributed by atoms with van der Waals surface area (Å²) in [6.45, 7) is 0.791. The molecule has 1 aliphatic rings. The number of rotatable bonds is 5. The van der Waals surface area contributed by atoms with Crippen LogP contribution in [0.15, 0.2) is 30.3 Å². The van der Waals surface area contributed by atoms with Gasteiger partial charge in [0.05, 0.1) is 6.61 Å². The summed E-state index contributed by atoms with van der Waals surface area (Å²) in [6.07, 6.45) is 1.97. The van der Waals surface area contributed by atoms with Gasteiger partial charge in [0, 0.05) is 6.42 Å². The summed E-state index contributed by atoms with van der Waals surface area (Å²) in [4.78, 5) is 14.1. The zero-order chi connectivity index (χ0) is 13.7. The van der Waals surface area contributed by atoms with Crippen LogP contribution in [0, 0.1) is 0 Å². The van der Waals surface area contributed by atoms with Gasteiger partial charge in [-0.1, -0.05) is 30.3 Å². The Morgan fingerprint density at radius 3 is 2.79 bits per heavy atom. The number of likely N-dealkylation sites (tertiary alicyclic amines) is 1. The Hall–Kier alpha value is -1.39. The Labute approximate surface area is 114 Å². The van der Waals surface area contributed by atoms with Gasteiger partial charge in [-0.3, -0.25) is 9.69 Å². The maximum Gasteiger partial charge on any atom is 0.323 e. The second kappa shape index (κ2) is 6.68. The fraction of sp³-hybridized carbons (Fsp3) is 0.533. The molecule has 0 amide bonds. The van der Waals surface area contributed by atoms with Gasteiger partial charge in [0.25, 0.3) is 0 Å². The molecule has 2 atom stereocenters. The molecule has 4 nitrogen and oxygen atoms in total. The van der Waals surface area contributed by atoms with Crippen LogP contribution in [0.1, 0.15) is 18.4 Å². The quantitative estimate of drug-likeness (QED) is 0.812. The minimum absolute atomic E-state index is 0.142. The number of likely N-dealkylation sites (N-methyl/N-ethyl adjacent to an activating group) is 1. The lowest BCUT2D eigenvalue weighted by Gasteiger charge is -2.22. The van der Waals surface area contributed by atoms with Crippen molar-refractivity contribution in [3.8, 4) is 0 Å². The highest BCUT2D eigenvalue weighted by Crippen LogP contribution is 2.17. The van der Waals surface area contributed by atoms with E-state index in [0.717, 1.165) is 24.9 Å². The molecule has 0 saturated carbocycles. The number of aliphatic hydroxyl groups excluding tert-OH is 1. The summed E-state index contributed by atoms with van der Waals surface area (Å²) in [5.74, 6) is -0.213. The summed E-state index contributed by atoms with van der Waals surface area (Å²) < 4.78 is 5.43. The summed E-state index contributed by atoms with van der Waals surface area (Å²) >= 11 is 0. The molecular weight excluding hydrogens is 242 g/mol. The number of nitrogens with zero attached hydrogens (tertiary/aromatic N) is 1. The van der Waals surface area contributed by atoms with Crippen molar-refractivity contribution >= 4 is 5.97 Å². The average Bonchev–Trinajstić information content (AvgIpc) is 2.85. The van der Waals surface area contributed by atoms with Crippen molar-refractivity contribution in [2.75, 3.05) is 20.2 Å². The highest BCUT2D eigenvalue weighted by molar-refractivity contribution is 5.76. The van der Waals surface area contributed by atoms with E-state index in [1.807, 2.05) is 42.3 Å². The Kier molecular flexibility index (Phi) is 4.93. The lowest BCUT2D eigenvalue weighted by molar-refractivity contribution is -0.155. The number of hydrogen-bond acceptors (Lipinski definition) is 4. The second-order valence-corrected chi connectivity index (χ2v) is 5.07. The highest BCUT2D eigenvalue weighted by Gasteiger charge is 2.30. The van der Waals surface area contributed by atoms with E-state index < -0.39 is 6.10 Å². The van der Waals surface area contributed by atoms with Crippen molar-refractivity contribution in [2.24, 2.45) is 0 Å². The fourth-order valence-corrected chi connectivity index (χ4v) is 2.47. The SMILES string of the molecule is CN1CCCC1C(=O)OC(CO)Cc1ccccc1. The third-order valence-corrected chi connectivity index (χ3v) is 3.59. The van der Waals surface area contributed by atoms with Crippen LogP contribution < -0.4 is 0 Å². The van der Waals surface area contributed by atoms with E-state index in [-0.39, 0.29) is 18.6 Å². The smallest absolute Gasteiger partial charge is 0.323 e. The number of hydrogen-bond donors (Lipinski definition) is 1. The average molecular weight is 263 g/mol. The van der Waals surface area contributed by atoms with Crippen molar-refractivity contribution in [3.05, 3.63) is 35.9 Å². The first-order chi connectivity index (χ1) is 9.20. The van der Waals surface area contributed by atoms with Crippen molar-refractivity contribution in [3.63, 3.8) is 0 Å². The molecular formula is C15H21NO3. The fourth-order valence-electron chi connectivity index (χ4n) is 2.47. The first-order valence-corrected chi connectivity index (χ1v) is 6.76. The number of aliphatic hydroxyl groups is 1. The van der Waals surface area contributed by atoms with Crippen LogP contribution in [-0.4, -0.2) is 48.3 Å². The molecule has 0 aromatic heterocycles. The third-order valence-electron chi connectivity index (χ3n) is 3.59. The molecule has 104 valence electrons. The Bertz CT molecular complexity index is 407. The predicted octanol–water partition coefficient (Wildman–Crippen LogP) is 1.23. The molecule has 1 aromatic rings. The molecule has 19 heavy (non-hydrogen) atoms. The number of carbonyl (C=O) groups excluding carboxylic acids is 1. The molecule has 0 bridgehead atoms.